The molecule has 1 aromatic carbocycles. The van der Waals surface area contributed by atoms with Gasteiger partial charge in [0.05, 0.1) is 25.0 Å². The Hall–Kier alpha value is -2.40. The van der Waals surface area contributed by atoms with Crippen LogP contribution in [0, 0.1) is 6.92 Å². The fraction of sp³-hybridized carbons (Fsp3) is 0.368. The summed E-state index contributed by atoms with van der Waals surface area (Å²) in [6, 6.07) is 11.0. The number of aryl methyl sites for hydroxylation is 1. The zero-order valence-electron chi connectivity index (χ0n) is 14.6. The zero-order valence-corrected chi connectivity index (χ0v) is 14.6. The predicted octanol–water partition coefficient (Wildman–Crippen LogP) is 3.18. The topological polar surface area (TPSA) is 47.7 Å². The van der Waals surface area contributed by atoms with Crippen molar-refractivity contribution in [3.05, 3.63) is 71.8 Å². The largest absolute Gasteiger partial charge is 0.308 e. The van der Waals surface area contributed by atoms with Gasteiger partial charge in [0.2, 0.25) is 0 Å². The molecular formula is C19H25N5. The van der Waals surface area contributed by atoms with Crippen molar-refractivity contribution in [2.75, 3.05) is 0 Å². The van der Waals surface area contributed by atoms with E-state index in [-0.39, 0.29) is 0 Å². The van der Waals surface area contributed by atoms with Gasteiger partial charge in [0.1, 0.15) is 0 Å². The number of rotatable bonds is 7. The lowest BCUT2D eigenvalue weighted by atomic mass is 10.1. The maximum Gasteiger partial charge on any atom is 0.0659 e. The summed E-state index contributed by atoms with van der Waals surface area (Å²) >= 11 is 0. The number of hydrogen-bond acceptors (Lipinski definition) is 3. The molecule has 2 heterocycles. The highest BCUT2D eigenvalue weighted by molar-refractivity contribution is 5.15. The highest BCUT2D eigenvalue weighted by Crippen LogP contribution is 2.12. The Kier molecular flexibility index (Phi) is 5.11. The first-order valence-electron chi connectivity index (χ1n) is 8.41. The molecule has 3 aromatic rings. The maximum atomic E-state index is 4.45. The van der Waals surface area contributed by atoms with Crippen LogP contribution >= 0.6 is 0 Å². The van der Waals surface area contributed by atoms with Gasteiger partial charge in [-0.05, 0) is 31.9 Å². The summed E-state index contributed by atoms with van der Waals surface area (Å²) in [4.78, 5) is 0. The summed E-state index contributed by atoms with van der Waals surface area (Å²) in [5.74, 6) is 0. The number of nitrogens with one attached hydrogen (secondary N) is 1. The second-order valence-corrected chi connectivity index (χ2v) is 6.44. The molecule has 0 radical (unpaired) electrons. The molecule has 1 N–H and O–H groups in total. The normalized spacial score (nSPS) is 13.8. The first-order chi connectivity index (χ1) is 11.6. The van der Waals surface area contributed by atoms with Crippen molar-refractivity contribution in [1.29, 1.82) is 0 Å². The van der Waals surface area contributed by atoms with Gasteiger partial charge in [-0.2, -0.15) is 10.2 Å². The minimum Gasteiger partial charge on any atom is -0.308 e. The second-order valence-electron chi connectivity index (χ2n) is 6.44. The lowest BCUT2D eigenvalue weighted by Crippen LogP contribution is -2.33. The summed E-state index contributed by atoms with van der Waals surface area (Å²) in [7, 11) is 0. The van der Waals surface area contributed by atoms with Crippen molar-refractivity contribution < 1.29 is 0 Å². The van der Waals surface area contributed by atoms with Crippen LogP contribution in [0.3, 0.4) is 0 Å². The number of aromatic nitrogens is 4. The van der Waals surface area contributed by atoms with Crippen LogP contribution in [0.25, 0.3) is 0 Å². The van der Waals surface area contributed by atoms with Crippen molar-refractivity contribution >= 4 is 0 Å². The fourth-order valence-corrected chi connectivity index (χ4v) is 2.69. The van der Waals surface area contributed by atoms with E-state index in [0.717, 1.165) is 13.1 Å². The third kappa shape index (κ3) is 4.11. The number of nitrogens with zero attached hydrogens (tertiary/aromatic N) is 4. The van der Waals surface area contributed by atoms with Gasteiger partial charge >= 0.3 is 0 Å². The highest BCUT2D eigenvalue weighted by Gasteiger charge is 2.14. The average molecular weight is 323 g/mol. The van der Waals surface area contributed by atoms with E-state index in [1.807, 2.05) is 27.8 Å². The van der Waals surface area contributed by atoms with Crippen molar-refractivity contribution in [2.24, 2.45) is 0 Å². The van der Waals surface area contributed by atoms with E-state index in [2.05, 4.69) is 72.9 Å². The van der Waals surface area contributed by atoms with Crippen molar-refractivity contribution in [3.8, 4) is 0 Å². The van der Waals surface area contributed by atoms with Crippen LogP contribution in [0.5, 0.6) is 0 Å². The van der Waals surface area contributed by atoms with Gasteiger partial charge < -0.3 is 5.32 Å². The van der Waals surface area contributed by atoms with Gasteiger partial charge in [0.25, 0.3) is 0 Å². The van der Waals surface area contributed by atoms with Crippen LogP contribution in [0.15, 0.2) is 55.1 Å². The predicted molar refractivity (Wildman–Crippen MR) is 95.7 cm³/mol. The minimum absolute atomic E-state index is 0.304. The molecule has 2 aromatic heterocycles. The van der Waals surface area contributed by atoms with Crippen molar-refractivity contribution in [3.63, 3.8) is 0 Å². The van der Waals surface area contributed by atoms with Crippen LogP contribution in [-0.4, -0.2) is 25.6 Å². The van der Waals surface area contributed by atoms with Crippen molar-refractivity contribution in [1.82, 2.24) is 24.9 Å². The Labute approximate surface area is 143 Å². The van der Waals surface area contributed by atoms with Gasteiger partial charge in [-0.25, -0.2) is 0 Å². The van der Waals surface area contributed by atoms with E-state index in [0.29, 0.717) is 12.1 Å². The summed E-state index contributed by atoms with van der Waals surface area (Å²) in [5, 5.41) is 12.4. The Morgan fingerprint density at radius 1 is 1.00 bits per heavy atom. The Morgan fingerprint density at radius 2 is 1.79 bits per heavy atom. The van der Waals surface area contributed by atoms with E-state index in [1.165, 1.54) is 16.7 Å². The highest BCUT2D eigenvalue weighted by atomic mass is 15.3. The number of hydrogen-bond donors (Lipinski definition) is 1. The smallest absolute Gasteiger partial charge is 0.0659 e. The third-order valence-electron chi connectivity index (χ3n) is 4.37. The van der Waals surface area contributed by atoms with E-state index in [4.69, 9.17) is 0 Å². The zero-order chi connectivity index (χ0) is 16.9. The van der Waals surface area contributed by atoms with Crippen LogP contribution in [0.1, 0.15) is 36.6 Å². The standard InChI is InChI=1S/C19H25N5/c1-15-9-22-24(12-15)17(3)16(2)20-10-19-11-21-23(14-19)13-18-7-5-4-6-8-18/h4-9,11-12,14,16-17,20H,10,13H2,1-3H3. The molecule has 0 bridgehead atoms. The maximum absolute atomic E-state index is 4.45. The summed E-state index contributed by atoms with van der Waals surface area (Å²) in [5.41, 5.74) is 3.65. The van der Waals surface area contributed by atoms with Gasteiger partial charge in [-0.3, -0.25) is 9.36 Å². The molecule has 2 unspecified atom stereocenters. The molecule has 0 amide bonds. The first kappa shape index (κ1) is 16.5. The molecule has 3 rings (SSSR count). The molecule has 2 atom stereocenters. The molecule has 0 aliphatic rings. The molecule has 0 spiro atoms. The lowest BCUT2D eigenvalue weighted by Gasteiger charge is -2.21. The monoisotopic (exact) mass is 323 g/mol. The molecule has 0 saturated carbocycles. The van der Waals surface area contributed by atoms with Gasteiger partial charge in [-0.15, -0.1) is 0 Å². The van der Waals surface area contributed by atoms with Gasteiger partial charge in [-0.1, -0.05) is 30.3 Å². The quantitative estimate of drug-likeness (QED) is 0.726. The molecule has 0 aliphatic carbocycles. The number of benzene rings is 1. The average Bonchev–Trinajstić information content (AvgIpc) is 3.22. The Morgan fingerprint density at radius 3 is 2.50 bits per heavy atom. The Balaban J connectivity index is 1.53. The summed E-state index contributed by atoms with van der Waals surface area (Å²) in [6.07, 6.45) is 8.03. The molecule has 5 nitrogen and oxygen atoms in total. The molecule has 126 valence electrons. The molecule has 0 fully saturated rings. The van der Waals surface area contributed by atoms with Crippen LogP contribution in [0.4, 0.5) is 0 Å². The minimum atomic E-state index is 0.304. The SMILES string of the molecule is Cc1cnn(C(C)C(C)NCc2cnn(Cc3ccccc3)c2)c1. The molecule has 24 heavy (non-hydrogen) atoms. The molecule has 0 aliphatic heterocycles. The van der Waals surface area contributed by atoms with E-state index >= 15 is 0 Å². The van der Waals surface area contributed by atoms with E-state index in [9.17, 15) is 0 Å². The van der Waals surface area contributed by atoms with Crippen LogP contribution in [0.2, 0.25) is 0 Å². The second kappa shape index (κ2) is 7.45. The fourth-order valence-electron chi connectivity index (χ4n) is 2.69. The van der Waals surface area contributed by atoms with E-state index < -0.39 is 0 Å². The third-order valence-corrected chi connectivity index (χ3v) is 4.37. The van der Waals surface area contributed by atoms with Crippen LogP contribution in [-0.2, 0) is 13.1 Å². The molecule has 5 heteroatoms. The first-order valence-corrected chi connectivity index (χ1v) is 8.41. The van der Waals surface area contributed by atoms with E-state index in [1.54, 1.807) is 0 Å². The summed E-state index contributed by atoms with van der Waals surface area (Å²) in [6.45, 7) is 8.05. The van der Waals surface area contributed by atoms with Gasteiger partial charge in [0, 0.05) is 30.5 Å². The van der Waals surface area contributed by atoms with Crippen molar-refractivity contribution in [2.45, 2.75) is 45.9 Å². The molecular weight excluding hydrogens is 298 g/mol. The Bertz CT molecular complexity index is 759. The van der Waals surface area contributed by atoms with Gasteiger partial charge in [0.15, 0.2) is 0 Å². The molecule has 0 saturated heterocycles. The lowest BCUT2D eigenvalue weighted by molar-refractivity contribution is 0.365. The van der Waals surface area contributed by atoms with Crippen LogP contribution < -0.4 is 5.32 Å². The summed E-state index contributed by atoms with van der Waals surface area (Å²) < 4.78 is 4.00.